The minimum Gasteiger partial charge on any atom is -0.465 e. The molecule has 0 aliphatic heterocycles. The zero-order valence-corrected chi connectivity index (χ0v) is 15.1. The fourth-order valence-corrected chi connectivity index (χ4v) is 2.11. The Morgan fingerprint density at radius 3 is 2.28 bits per heavy atom. The molecule has 1 aromatic carbocycles. The largest absolute Gasteiger partial charge is 0.465 e. The summed E-state index contributed by atoms with van der Waals surface area (Å²) in [6, 6.07) is 6.47. The number of hydrogen-bond donors (Lipinski definition) is 2. The van der Waals surface area contributed by atoms with Gasteiger partial charge in [0.1, 0.15) is 0 Å². The second-order valence-electron chi connectivity index (χ2n) is 5.39. The van der Waals surface area contributed by atoms with Gasteiger partial charge in [-0.05, 0) is 44.5 Å². The predicted octanol–water partition coefficient (Wildman–Crippen LogP) is 2.73. The summed E-state index contributed by atoms with van der Waals surface area (Å²) in [6.45, 7) is 7.33. The van der Waals surface area contributed by atoms with Crippen LogP contribution in [0.3, 0.4) is 0 Å². The molecule has 0 radical (unpaired) electrons. The lowest BCUT2D eigenvalue weighted by Crippen LogP contribution is -2.27. The summed E-state index contributed by atoms with van der Waals surface area (Å²) in [5.74, 6) is -1.32. The molecule has 0 aliphatic carbocycles. The van der Waals surface area contributed by atoms with Crippen LogP contribution in [0.4, 0.5) is 5.69 Å². The maximum absolute atomic E-state index is 12.1. The monoisotopic (exact) mass is 347 g/mol. The maximum atomic E-state index is 12.1. The number of nitrogens with one attached hydrogen (secondary N) is 2. The van der Waals surface area contributed by atoms with Crippen molar-refractivity contribution in [3.05, 3.63) is 29.8 Å². The van der Waals surface area contributed by atoms with E-state index in [2.05, 4.69) is 15.8 Å². The van der Waals surface area contributed by atoms with E-state index in [0.717, 1.165) is 0 Å². The second-order valence-corrected chi connectivity index (χ2v) is 5.39. The van der Waals surface area contributed by atoms with Crippen molar-refractivity contribution in [1.82, 2.24) is 5.43 Å². The van der Waals surface area contributed by atoms with Gasteiger partial charge in [-0.25, -0.2) is 5.43 Å². The first-order chi connectivity index (χ1) is 11.9. The number of hydrazone groups is 1. The Kier molecular flexibility index (Phi) is 8.32. The fourth-order valence-electron chi connectivity index (χ4n) is 2.11. The number of carbonyl (C=O) groups excluding carboxylic acids is 3. The third kappa shape index (κ3) is 6.37. The minimum atomic E-state index is -0.480. The zero-order chi connectivity index (χ0) is 18.8. The molecule has 2 amide bonds. The van der Waals surface area contributed by atoms with Crippen molar-refractivity contribution in [2.45, 2.75) is 40.5 Å². The van der Waals surface area contributed by atoms with E-state index in [4.69, 9.17) is 4.74 Å². The van der Waals surface area contributed by atoms with Crippen LogP contribution in [0.5, 0.6) is 0 Å². The first-order valence-electron chi connectivity index (χ1n) is 8.33. The van der Waals surface area contributed by atoms with Crippen molar-refractivity contribution in [2.24, 2.45) is 11.0 Å². The number of carbonyl (C=O) groups is 3. The van der Waals surface area contributed by atoms with E-state index < -0.39 is 11.8 Å². The van der Waals surface area contributed by atoms with Gasteiger partial charge in [-0.15, -0.1) is 0 Å². The van der Waals surface area contributed by atoms with Crippen molar-refractivity contribution in [2.75, 3.05) is 11.9 Å². The first kappa shape index (κ1) is 20.3. The SMILES string of the molecule is CCOC(=O)C(CC)/C(C)=N\NC(=O)c1ccc(NC(=O)CC)cc1. The average molecular weight is 347 g/mol. The number of hydrogen-bond acceptors (Lipinski definition) is 5. The van der Waals surface area contributed by atoms with Gasteiger partial charge < -0.3 is 10.1 Å². The highest BCUT2D eigenvalue weighted by molar-refractivity contribution is 6.02. The molecule has 0 fully saturated rings. The standard InChI is InChI=1S/C18H25N3O4/c1-5-15(18(24)25-7-3)12(4)20-21-17(23)13-8-10-14(11-9-13)19-16(22)6-2/h8-11,15H,5-7H2,1-4H3,(H,19,22)(H,21,23)/b20-12-. The topological polar surface area (TPSA) is 96.9 Å². The van der Waals surface area contributed by atoms with Crippen molar-refractivity contribution in [3.63, 3.8) is 0 Å². The molecule has 25 heavy (non-hydrogen) atoms. The minimum absolute atomic E-state index is 0.0954. The third-order valence-electron chi connectivity index (χ3n) is 3.57. The summed E-state index contributed by atoms with van der Waals surface area (Å²) in [7, 11) is 0. The molecule has 1 atom stereocenters. The highest BCUT2D eigenvalue weighted by atomic mass is 16.5. The van der Waals surface area contributed by atoms with Crippen LogP contribution >= 0.6 is 0 Å². The molecule has 136 valence electrons. The number of nitrogens with zero attached hydrogens (tertiary/aromatic N) is 1. The lowest BCUT2D eigenvalue weighted by molar-refractivity contribution is -0.145. The Hall–Kier alpha value is -2.70. The van der Waals surface area contributed by atoms with Gasteiger partial charge in [-0.1, -0.05) is 13.8 Å². The van der Waals surface area contributed by atoms with Gasteiger partial charge >= 0.3 is 5.97 Å². The van der Waals surface area contributed by atoms with Crippen LogP contribution < -0.4 is 10.7 Å². The zero-order valence-electron chi connectivity index (χ0n) is 15.1. The number of anilines is 1. The van der Waals surface area contributed by atoms with Crippen LogP contribution in [0.1, 0.15) is 50.9 Å². The van der Waals surface area contributed by atoms with E-state index in [0.29, 0.717) is 36.4 Å². The molecule has 0 saturated carbocycles. The number of ether oxygens (including phenoxy) is 1. The molecule has 0 bridgehead atoms. The molecule has 0 aliphatic rings. The highest BCUT2D eigenvalue weighted by Crippen LogP contribution is 2.11. The molecular weight excluding hydrogens is 322 g/mol. The van der Waals surface area contributed by atoms with E-state index in [1.807, 2.05) is 6.92 Å². The van der Waals surface area contributed by atoms with Crippen molar-refractivity contribution in [1.29, 1.82) is 0 Å². The summed E-state index contributed by atoms with van der Waals surface area (Å²) in [4.78, 5) is 35.3. The summed E-state index contributed by atoms with van der Waals surface area (Å²) >= 11 is 0. The van der Waals surface area contributed by atoms with Crippen molar-refractivity contribution < 1.29 is 19.1 Å². The molecule has 1 rings (SSSR count). The van der Waals surface area contributed by atoms with Crippen LogP contribution in [0.15, 0.2) is 29.4 Å². The molecule has 0 saturated heterocycles. The number of amides is 2. The maximum Gasteiger partial charge on any atom is 0.314 e. The summed E-state index contributed by atoms with van der Waals surface area (Å²) in [5.41, 5.74) is 3.94. The van der Waals surface area contributed by atoms with E-state index in [9.17, 15) is 14.4 Å². The first-order valence-corrected chi connectivity index (χ1v) is 8.33. The van der Waals surface area contributed by atoms with Gasteiger partial charge in [-0.3, -0.25) is 14.4 Å². The second kappa shape index (κ2) is 10.2. The number of benzene rings is 1. The Bertz CT molecular complexity index is 638. The van der Waals surface area contributed by atoms with Crippen LogP contribution in [-0.4, -0.2) is 30.1 Å². The van der Waals surface area contributed by atoms with Crippen molar-refractivity contribution in [3.8, 4) is 0 Å². The van der Waals surface area contributed by atoms with Crippen LogP contribution in [0.25, 0.3) is 0 Å². The fraction of sp³-hybridized carbons (Fsp3) is 0.444. The van der Waals surface area contributed by atoms with Gasteiger partial charge in [0.2, 0.25) is 5.91 Å². The average Bonchev–Trinajstić information content (AvgIpc) is 2.61. The van der Waals surface area contributed by atoms with E-state index in [1.54, 1.807) is 45.0 Å². The molecule has 1 aromatic rings. The quantitative estimate of drug-likeness (QED) is 0.429. The summed E-state index contributed by atoms with van der Waals surface area (Å²) < 4.78 is 4.99. The Balaban J connectivity index is 2.71. The molecule has 0 heterocycles. The lowest BCUT2D eigenvalue weighted by Gasteiger charge is -2.13. The van der Waals surface area contributed by atoms with E-state index in [-0.39, 0.29) is 11.9 Å². The number of rotatable bonds is 8. The van der Waals surface area contributed by atoms with Gasteiger partial charge in [0.15, 0.2) is 0 Å². The Labute approximate surface area is 147 Å². The molecular formula is C18H25N3O4. The lowest BCUT2D eigenvalue weighted by atomic mass is 10.0. The van der Waals surface area contributed by atoms with Gasteiger partial charge in [-0.2, -0.15) is 5.10 Å². The van der Waals surface area contributed by atoms with Crippen molar-refractivity contribution >= 4 is 29.2 Å². The highest BCUT2D eigenvalue weighted by Gasteiger charge is 2.21. The van der Waals surface area contributed by atoms with E-state index >= 15 is 0 Å². The molecule has 7 nitrogen and oxygen atoms in total. The molecule has 7 heteroatoms. The van der Waals surface area contributed by atoms with Gasteiger partial charge in [0.05, 0.1) is 12.5 Å². The third-order valence-corrected chi connectivity index (χ3v) is 3.57. The smallest absolute Gasteiger partial charge is 0.314 e. The van der Waals surface area contributed by atoms with Gasteiger partial charge in [0.25, 0.3) is 5.91 Å². The van der Waals surface area contributed by atoms with Crippen LogP contribution in [0, 0.1) is 5.92 Å². The predicted molar refractivity (Wildman–Crippen MR) is 96.4 cm³/mol. The van der Waals surface area contributed by atoms with Crippen LogP contribution in [-0.2, 0) is 14.3 Å². The summed E-state index contributed by atoms with van der Waals surface area (Å²) in [5, 5.41) is 6.71. The Morgan fingerprint density at radius 2 is 1.76 bits per heavy atom. The molecule has 0 aromatic heterocycles. The normalized spacial score (nSPS) is 12.2. The summed E-state index contributed by atoms with van der Waals surface area (Å²) in [6.07, 6.45) is 0.922. The van der Waals surface area contributed by atoms with Crippen LogP contribution in [0.2, 0.25) is 0 Å². The Morgan fingerprint density at radius 1 is 1.12 bits per heavy atom. The molecule has 1 unspecified atom stereocenters. The molecule has 2 N–H and O–H groups in total. The van der Waals surface area contributed by atoms with E-state index in [1.165, 1.54) is 0 Å². The number of esters is 1. The van der Waals surface area contributed by atoms with Gasteiger partial charge in [0, 0.05) is 23.4 Å². The molecule has 0 spiro atoms.